The van der Waals surface area contributed by atoms with Crippen LogP contribution in [0.4, 0.5) is 0 Å². The molecule has 1 aromatic rings. The summed E-state index contributed by atoms with van der Waals surface area (Å²) < 4.78 is 0. The van der Waals surface area contributed by atoms with Crippen molar-refractivity contribution in [1.82, 2.24) is 0 Å². The lowest BCUT2D eigenvalue weighted by Gasteiger charge is -2.02. The maximum atomic E-state index is 4.14. The minimum atomic E-state index is 1.10. The standard InChI is InChI=1S/C10H13N.2C2H6/c1-8-6-4-5-7-10(8)9(2)11-3;2*1-2/h4-7H,1-3H3;2*1-2H3. The molecule has 0 atom stereocenters. The van der Waals surface area contributed by atoms with E-state index >= 15 is 0 Å². The third kappa shape index (κ3) is 6.05. The largest absolute Gasteiger partial charge is 0.293 e. The zero-order valence-corrected chi connectivity index (χ0v) is 11.3. The van der Waals surface area contributed by atoms with E-state index in [1.165, 1.54) is 11.1 Å². The monoisotopic (exact) mass is 207 g/mol. The van der Waals surface area contributed by atoms with Gasteiger partial charge in [-0.15, -0.1) is 0 Å². The molecule has 0 aliphatic heterocycles. The second-order valence-corrected chi connectivity index (χ2v) is 2.62. The lowest BCUT2D eigenvalue weighted by Crippen LogP contribution is -1.96. The molecule has 86 valence electrons. The second-order valence-electron chi connectivity index (χ2n) is 2.62. The summed E-state index contributed by atoms with van der Waals surface area (Å²) in [6, 6.07) is 8.28. The van der Waals surface area contributed by atoms with Crippen molar-refractivity contribution in [3.63, 3.8) is 0 Å². The fourth-order valence-electron chi connectivity index (χ4n) is 1.10. The molecule has 0 saturated carbocycles. The SMILES string of the molecule is CC.CC.CN=C(C)c1ccccc1C. The van der Waals surface area contributed by atoms with Crippen LogP contribution in [0.2, 0.25) is 0 Å². The van der Waals surface area contributed by atoms with E-state index in [-0.39, 0.29) is 0 Å². The van der Waals surface area contributed by atoms with E-state index in [9.17, 15) is 0 Å². The molecule has 0 N–H and O–H groups in total. The maximum Gasteiger partial charge on any atom is 0.0388 e. The molecular weight excluding hydrogens is 182 g/mol. The van der Waals surface area contributed by atoms with Crippen molar-refractivity contribution in [1.29, 1.82) is 0 Å². The Labute approximate surface area is 95.3 Å². The molecule has 1 rings (SSSR count). The Morgan fingerprint density at radius 3 is 1.87 bits per heavy atom. The van der Waals surface area contributed by atoms with Gasteiger partial charge in [-0.25, -0.2) is 0 Å². The van der Waals surface area contributed by atoms with Gasteiger partial charge in [0.25, 0.3) is 0 Å². The van der Waals surface area contributed by atoms with Crippen LogP contribution in [0.3, 0.4) is 0 Å². The van der Waals surface area contributed by atoms with E-state index < -0.39 is 0 Å². The van der Waals surface area contributed by atoms with Crippen LogP contribution >= 0.6 is 0 Å². The molecule has 1 aromatic carbocycles. The van der Waals surface area contributed by atoms with Crippen LogP contribution in [-0.2, 0) is 0 Å². The predicted molar refractivity (Wildman–Crippen MR) is 72.0 cm³/mol. The quantitative estimate of drug-likeness (QED) is 0.602. The summed E-state index contributed by atoms with van der Waals surface area (Å²) in [5.74, 6) is 0. The van der Waals surface area contributed by atoms with Gasteiger partial charge in [-0.3, -0.25) is 4.99 Å². The van der Waals surface area contributed by atoms with Gasteiger partial charge in [0.15, 0.2) is 0 Å². The summed E-state index contributed by atoms with van der Waals surface area (Å²) in [4.78, 5) is 4.14. The normalized spacial score (nSPS) is 9.40. The molecule has 0 saturated heterocycles. The van der Waals surface area contributed by atoms with Crippen molar-refractivity contribution in [3.05, 3.63) is 35.4 Å². The van der Waals surface area contributed by atoms with Crippen LogP contribution in [0.1, 0.15) is 45.7 Å². The molecule has 15 heavy (non-hydrogen) atoms. The lowest BCUT2D eigenvalue weighted by molar-refractivity contribution is 1.37. The number of hydrogen-bond donors (Lipinski definition) is 0. The van der Waals surface area contributed by atoms with Crippen LogP contribution in [0, 0.1) is 6.92 Å². The highest BCUT2D eigenvalue weighted by molar-refractivity contribution is 5.99. The number of benzene rings is 1. The van der Waals surface area contributed by atoms with Crippen LogP contribution in [-0.4, -0.2) is 12.8 Å². The topological polar surface area (TPSA) is 12.4 Å². The van der Waals surface area contributed by atoms with E-state index in [1.807, 2.05) is 53.8 Å². The number of aryl methyl sites for hydroxylation is 1. The van der Waals surface area contributed by atoms with E-state index in [0.717, 1.165) is 5.71 Å². The molecule has 0 aliphatic rings. The van der Waals surface area contributed by atoms with Crippen LogP contribution in [0.25, 0.3) is 0 Å². The molecule has 0 amide bonds. The van der Waals surface area contributed by atoms with Gasteiger partial charge in [0.1, 0.15) is 0 Å². The average Bonchev–Trinajstić information content (AvgIpc) is 2.34. The summed E-state index contributed by atoms with van der Waals surface area (Å²) in [5, 5.41) is 0. The van der Waals surface area contributed by atoms with Gasteiger partial charge in [-0.1, -0.05) is 52.0 Å². The fourth-order valence-corrected chi connectivity index (χ4v) is 1.10. The van der Waals surface area contributed by atoms with Crippen LogP contribution in [0.5, 0.6) is 0 Å². The fraction of sp³-hybridized carbons (Fsp3) is 0.500. The van der Waals surface area contributed by atoms with Gasteiger partial charge in [-0.2, -0.15) is 0 Å². The first-order valence-corrected chi connectivity index (χ1v) is 5.75. The number of rotatable bonds is 1. The highest BCUT2D eigenvalue weighted by atomic mass is 14.7. The summed E-state index contributed by atoms with van der Waals surface area (Å²) in [6.07, 6.45) is 0. The molecular formula is C14H25N. The lowest BCUT2D eigenvalue weighted by atomic mass is 10.1. The molecule has 0 radical (unpaired) electrons. The third-order valence-corrected chi connectivity index (χ3v) is 1.87. The molecule has 0 heterocycles. The summed E-state index contributed by atoms with van der Waals surface area (Å²) >= 11 is 0. The van der Waals surface area contributed by atoms with Gasteiger partial charge in [0.05, 0.1) is 0 Å². The number of hydrogen-bond acceptors (Lipinski definition) is 1. The molecule has 0 aromatic heterocycles. The first-order valence-electron chi connectivity index (χ1n) is 5.75. The van der Waals surface area contributed by atoms with Crippen molar-refractivity contribution >= 4 is 5.71 Å². The maximum absolute atomic E-state index is 4.14. The van der Waals surface area contributed by atoms with Gasteiger partial charge in [0.2, 0.25) is 0 Å². The Balaban J connectivity index is 0. The minimum absolute atomic E-state index is 1.10. The van der Waals surface area contributed by atoms with Crippen molar-refractivity contribution in [3.8, 4) is 0 Å². The van der Waals surface area contributed by atoms with E-state index in [4.69, 9.17) is 0 Å². The number of nitrogens with zero attached hydrogens (tertiary/aromatic N) is 1. The van der Waals surface area contributed by atoms with Gasteiger partial charge >= 0.3 is 0 Å². The van der Waals surface area contributed by atoms with Crippen molar-refractivity contribution in [2.75, 3.05) is 7.05 Å². The minimum Gasteiger partial charge on any atom is -0.293 e. The average molecular weight is 207 g/mol. The summed E-state index contributed by atoms with van der Waals surface area (Å²) in [6.45, 7) is 12.1. The Bertz CT molecular complexity index is 274. The van der Waals surface area contributed by atoms with E-state index in [1.54, 1.807) is 0 Å². The van der Waals surface area contributed by atoms with Crippen molar-refractivity contribution in [2.24, 2.45) is 4.99 Å². The molecule has 1 nitrogen and oxygen atoms in total. The molecule has 1 heteroatoms. The summed E-state index contributed by atoms with van der Waals surface area (Å²) in [5.41, 5.74) is 3.63. The van der Waals surface area contributed by atoms with E-state index in [2.05, 4.69) is 24.0 Å². The van der Waals surface area contributed by atoms with Crippen LogP contribution in [0.15, 0.2) is 29.3 Å². The third-order valence-electron chi connectivity index (χ3n) is 1.87. The second kappa shape index (κ2) is 11.0. The molecule has 0 spiro atoms. The zero-order valence-electron chi connectivity index (χ0n) is 11.3. The van der Waals surface area contributed by atoms with Crippen molar-refractivity contribution in [2.45, 2.75) is 41.5 Å². The van der Waals surface area contributed by atoms with E-state index in [0.29, 0.717) is 0 Å². The first-order chi connectivity index (χ1) is 7.25. The highest BCUT2D eigenvalue weighted by Crippen LogP contribution is 2.07. The molecule has 0 aliphatic carbocycles. The zero-order chi connectivity index (χ0) is 12.3. The predicted octanol–water partition coefficient (Wildman–Crippen LogP) is 4.49. The Morgan fingerprint density at radius 2 is 1.47 bits per heavy atom. The molecule has 0 bridgehead atoms. The highest BCUT2D eigenvalue weighted by Gasteiger charge is 1.97. The molecule has 0 fully saturated rings. The smallest absolute Gasteiger partial charge is 0.0388 e. The van der Waals surface area contributed by atoms with Crippen molar-refractivity contribution < 1.29 is 0 Å². The number of aliphatic imine (C=N–C) groups is 1. The van der Waals surface area contributed by atoms with Gasteiger partial charge < -0.3 is 0 Å². The Kier molecular flexibility index (Phi) is 11.9. The first kappa shape index (κ1) is 16.3. The molecule has 0 unspecified atom stereocenters. The van der Waals surface area contributed by atoms with Gasteiger partial charge in [-0.05, 0) is 25.0 Å². The Morgan fingerprint density at radius 1 is 1.00 bits per heavy atom. The van der Waals surface area contributed by atoms with Crippen LogP contribution < -0.4 is 0 Å². The summed E-state index contributed by atoms with van der Waals surface area (Å²) in [7, 11) is 1.82. The Hall–Kier alpha value is -1.11. The van der Waals surface area contributed by atoms with Gasteiger partial charge in [0, 0.05) is 12.8 Å².